The lowest BCUT2D eigenvalue weighted by Crippen LogP contribution is -2.31. The first-order valence-electron chi connectivity index (χ1n) is 9.84. The van der Waals surface area contributed by atoms with E-state index >= 15 is 0 Å². The van der Waals surface area contributed by atoms with Crippen LogP contribution in [0.15, 0.2) is 48.5 Å². The molecule has 2 aromatic rings. The SMILES string of the molecule is O=C(O)CCCCCCCN1CCc2ccc(-c3ccccc3)cc2C1. The van der Waals surface area contributed by atoms with E-state index in [4.69, 9.17) is 5.11 Å². The van der Waals surface area contributed by atoms with E-state index in [9.17, 15) is 4.79 Å². The topological polar surface area (TPSA) is 40.5 Å². The number of rotatable bonds is 9. The van der Waals surface area contributed by atoms with E-state index in [0.717, 1.165) is 45.3 Å². The highest BCUT2D eigenvalue weighted by atomic mass is 16.4. The van der Waals surface area contributed by atoms with Crippen LogP contribution in [-0.4, -0.2) is 29.1 Å². The Morgan fingerprint density at radius 2 is 1.65 bits per heavy atom. The number of carboxylic acids is 1. The van der Waals surface area contributed by atoms with Gasteiger partial charge in [-0.3, -0.25) is 9.69 Å². The maximum Gasteiger partial charge on any atom is 0.303 e. The second-order valence-corrected chi connectivity index (χ2v) is 7.29. The Labute approximate surface area is 156 Å². The van der Waals surface area contributed by atoms with Crippen LogP contribution in [0.25, 0.3) is 11.1 Å². The van der Waals surface area contributed by atoms with Gasteiger partial charge in [0, 0.05) is 19.5 Å². The number of aliphatic carboxylic acids is 1. The minimum absolute atomic E-state index is 0.312. The van der Waals surface area contributed by atoms with Gasteiger partial charge >= 0.3 is 5.97 Å². The van der Waals surface area contributed by atoms with Crippen LogP contribution in [0.3, 0.4) is 0 Å². The molecular weight excluding hydrogens is 322 g/mol. The summed E-state index contributed by atoms with van der Waals surface area (Å²) in [5, 5.41) is 8.65. The van der Waals surface area contributed by atoms with Crippen molar-refractivity contribution in [3.8, 4) is 11.1 Å². The van der Waals surface area contributed by atoms with Crippen molar-refractivity contribution in [1.29, 1.82) is 0 Å². The van der Waals surface area contributed by atoms with E-state index in [1.165, 1.54) is 35.1 Å². The van der Waals surface area contributed by atoms with Crippen molar-refractivity contribution >= 4 is 5.97 Å². The third-order valence-corrected chi connectivity index (χ3v) is 5.27. The molecular formula is C23H29NO2. The van der Waals surface area contributed by atoms with Crippen LogP contribution in [0.2, 0.25) is 0 Å². The largest absolute Gasteiger partial charge is 0.481 e. The minimum Gasteiger partial charge on any atom is -0.481 e. The summed E-state index contributed by atoms with van der Waals surface area (Å²) in [5.74, 6) is -0.674. The second-order valence-electron chi connectivity index (χ2n) is 7.29. The molecule has 138 valence electrons. The molecule has 1 aliphatic rings. The molecule has 0 spiro atoms. The van der Waals surface area contributed by atoms with Crippen molar-refractivity contribution < 1.29 is 9.90 Å². The maximum absolute atomic E-state index is 10.5. The zero-order valence-electron chi connectivity index (χ0n) is 15.5. The number of hydrogen-bond acceptors (Lipinski definition) is 2. The minimum atomic E-state index is -0.674. The Morgan fingerprint density at radius 1 is 0.885 bits per heavy atom. The fourth-order valence-electron chi connectivity index (χ4n) is 3.76. The molecule has 0 aromatic heterocycles. The van der Waals surface area contributed by atoms with Gasteiger partial charge in [0.2, 0.25) is 0 Å². The lowest BCUT2D eigenvalue weighted by atomic mass is 9.94. The standard InChI is InChI=1S/C23H29NO2/c25-23(26)11-7-2-1-3-8-15-24-16-14-20-12-13-21(17-22(20)18-24)19-9-5-4-6-10-19/h4-6,9-10,12-13,17H,1-3,7-8,11,14-16,18H2,(H,25,26). The van der Waals surface area contributed by atoms with Gasteiger partial charge < -0.3 is 5.11 Å². The van der Waals surface area contributed by atoms with Gasteiger partial charge in [0.05, 0.1) is 0 Å². The van der Waals surface area contributed by atoms with Crippen molar-refractivity contribution in [1.82, 2.24) is 4.90 Å². The quantitative estimate of drug-likeness (QED) is 0.636. The van der Waals surface area contributed by atoms with Crippen LogP contribution in [-0.2, 0) is 17.8 Å². The number of carboxylic acid groups (broad SMARTS) is 1. The highest BCUT2D eigenvalue weighted by Gasteiger charge is 2.16. The lowest BCUT2D eigenvalue weighted by molar-refractivity contribution is -0.137. The second kappa shape index (κ2) is 9.54. The Balaban J connectivity index is 1.46. The van der Waals surface area contributed by atoms with Crippen LogP contribution in [0.1, 0.15) is 49.7 Å². The molecule has 0 saturated heterocycles. The molecule has 1 N–H and O–H groups in total. The zero-order valence-corrected chi connectivity index (χ0v) is 15.5. The molecule has 0 amide bonds. The number of unbranched alkanes of at least 4 members (excludes halogenated alkanes) is 4. The average Bonchev–Trinajstić information content (AvgIpc) is 2.67. The first kappa shape index (κ1) is 18.7. The molecule has 0 fully saturated rings. The number of hydrogen-bond donors (Lipinski definition) is 1. The molecule has 3 rings (SSSR count). The van der Waals surface area contributed by atoms with Gasteiger partial charge in [-0.05, 0) is 54.1 Å². The van der Waals surface area contributed by atoms with Gasteiger partial charge in [-0.15, -0.1) is 0 Å². The average molecular weight is 351 g/mol. The first-order valence-corrected chi connectivity index (χ1v) is 9.84. The molecule has 0 aliphatic carbocycles. The number of benzene rings is 2. The molecule has 0 atom stereocenters. The molecule has 2 aromatic carbocycles. The van der Waals surface area contributed by atoms with Crippen molar-refractivity contribution in [3.63, 3.8) is 0 Å². The van der Waals surface area contributed by atoms with Crippen molar-refractivity contribution in [2.45, 2.75) is 51.5 Å². The lowest BCUT2D eigenvalue weighted by Gasteiger charge is -2.29. The van der Waals surface area contributed by atoms with E-state index in [1.807, 2.05) is 0 Å². The van der Waals surface area contributed by atoms with E-state index in [0.29, 0.717) is 6.42 Å². The van der Waals surface area contributed by atoms with Crippen molar-refractivity contribution in [2.75, 3.05) is 13.1 Å². The summed E-state index contributed by atoms with van der Waals surface area (Å²) in [6.07, 6.45) is 6.86. The third-order valence-electron chi connectivity index (χ3n) is 5.27. The van der Waals surface area contributed by atoms with Crippen LogP contribution >= 0.6 is 0 Å². The number of nitrogens with zero attached hydrogens (tertiary/aromatic N) is 1. The van der Waals surface area contributed by atoms with Gasteiger partial charge in [0.15, 0.2) is 0 Å². The Bertz CT molecular complexity index is 711. The summed E-state index contributed by atoms with van der Waals surface area (Å²) < 4.78 is 0. The zero-order chi connectivity index (χ0) is 18.2. The predicted octanol–water partition coefficient (Wildman–Crippen LogP) is 5.14. The fourth-order valence-corrected chi connectivity index (χ4v) is 3.76. The highest BCUT2D eigenvalue weighted by Crippen LogP contribution is 2.26. The monoisotopic (exact) mass is 351 g/mol. The molecule has 1 heterocycles. The Morgan fingerprint density at radius 3 is 2.46 bits per heavy atom. The summed E-state index contributed by atoms with van der Waals surface area (Å²) in [6, 6.07) is 17.5. The van der Waals surface area contributed by atoms with Gasteiger partial charge in [-0.2, -0.15) is 0 Å². The number of fused-ring (bicyclic) bond motifs is 1. The summed E-state index contributed by atoms with van der Waals surface area (Å²) in [5.41, 5.74) is 5.56. The highest BCUT2D eigenvalue weighted by molar-refractivity contribution is 5.66. The first-order chi connectivity index (χ1) is 12.7. The van der Waals surface area contributed by atoms with Crippen LogP contribution in [0, 0.1) is 0 Å². The third kappa shape index (κ3) is 5.43. The van der Waals surface area contributed by atoms with Gasteiger partial charge in [0.25, 0.3) is 0 Å². The number of carbonyl (C=O) groups is 1. The smallest absolute Gasteiger partial charge is 0.303 e. The molecule has 3 heteroatoms. The van der Waals surface area contributed by atoms with Crippen LogP contribution in [0.5, 0.6) is 0 Å². The van der Waals surface area contributed by atoms with E-state index in [1.54, 1.807) is 0 Å². The molecule has 1 aliphatic heterocycles. The molecule has 0 unspecified atom stereocenters. The summed E-state index contributed by atoms with van der Waals surface area (Å²) in [7, 11) is 0. The molecule has 0 bridgehead atoms. The van der Waals surface area contributed by atoms with E-state index < -0.39 is 5.97 Å². The Kier molecular flexibility index (Phi) is 6.84. The predicted molar refractivity (Wildman–Crippen MR) is 106 cm³/mol. The normalized spacial score (nSPS) is 14.2. The van der Waals surface area contributed by atoms with Crippen molar-refractivity contribution in [3.05, 3.63) is 59.7 Å². The van der Waals surface area contributed by atoms with Gasteiger partial charge in [0.1, 0.15) is 0 Å². The summed E-state index contributed by atoms with van der Waals surface area (Å²) in [6.45, 7) is 3.35. The van der Waals surface area contributed by atoms with Crippen molar-refractivity contribution in [2.24, 2.45) is 0 Å². The van der Waals surface area contributed by atoms with E-state index in [2.05, 4.69) is 53.4 Å². The van der Waals surface area contributed by atoms with Gasteiger partial charge in [-0.1, -0.05) is 61.7 Å². The molecule has 0 saturated carbocycles. The Hall–Kier alpha value is -2.13. The van der Waals surface area contributed by atoms with Gasteiger partial charge in [-0.25, -0.2) is 0 Å². The maximum atomic E-state index is 10.5. The van der Waals surface area contributed by atoms with Crippen LogP contribution in [0.4, 0.5) is 0 Å². The van der Waals surface area contributed by atoms with E-state index in [-0.39, 0.29) is 0 Å². The van der Waals surface area contributed by atoms with Crippen LogP contribution < -0.4 is 0 Å². The summed E-state index contributed by atoms with van der Waals surface area (Å²) in [4.78, 5) is 13.1. The fraction of sp³-hybridized carbons (Fsp3) is 0.435. The molecule has 3 nitrogen and oxygen atoms in total. The summed E-state index contributed by atoms with van der Waals surface area (Å²) >= 11 is 0. The molecule has 26 heavy (non-hydrogen) atoms. The molecule has 0 radical (unpaired) electrons.